The maximum atomic E-state index is 15.0. The number of hydrogen-bond acceptors (Lipinski definition) is 7. The number of pyridine rings is 1. The van der Waals surface area contributed by atoms with Gasteiger partial charge in [-0.2, -0.15) is 9.61 Å². The van der Waals surface area contributed by atoms with Crippen LogP contribution in [-0.2, 0) is 5.60 Å². The molecule has 3 heterocycles. The summed E-state index contributed by atoms with van der Waals surface area (Å²) in [5.41, 5.74) is 7.07. The van der Waals surface area contributed by atoms with Gasteiger partial charge in [-0.15, -0.1) is 0 Å². The van der Waals surface area contributed by atoms with E-state index >= 15 is 0 Å². The fourth-order valence-corrected chi connectivity index (χ4v) is 5.09. The average molecular weight is 509 g/mol. The van der Waals surface area contributed by atoms with Gasteiger partial charge >= 0.3 is 0 Å². The highest BCUT2D eigenvalue weighted by Gasteiger charge is 2.34. The lowest BCUT2D eigenvalue weighted by Gasteiger charge is -2.36. The Morgan fingerprint density at radius 1 is 1.11 bits per heavy atom. The standard InChI is InChI=1S/C27H30F2N6O2/c1-14-8-15(9-21(30)25(14)36)18-6-7-31-13-23(18)33-26-32-12-17-4-5-22(34-35(17)26)24-19(28)10-16(11-20(24)29)27(2,3)37/h4-7,10-15,21,25,36-37H,8-9,30H2,1-3H3,(H,32,33)/t14-,15+,21+,25+/m0/s1. The Labute approximate surface area is 213 Å². The number of imidazole rings is 1. The van der Waals surface area contributed by atoms with Crippen molar-refractivity contribution in [3.8, 4) is 11.3 Å². The maximum Gasteiger partial charge on any atom is 0.229 e. The van der Waals surface area contributed by atoms with E-state index in [1.807, 2.05) is 13.0 Å². The van der Waals surface area contributed by atoms with E-state index in [0.717, 1.165) is 29.8 Å². The van der Waals surface area contributed by atoms with Crippen LogP contribution < -0.4 is 11.1 Å². The van der Waals surface area contributed by atoms with Gasteiger partial charge in [0.25, 0.3) is 0 Å². The molecule has 1 fully saturated rings. The highest BCUT2D eigenvalue weighted by atomic mass is 19.1. The van der Waals surface area contributed by atoms with Crippen molar-refractivity contribution in [1.29, 1.82) is 0 Å². The van der Waals surface area contributed by atoms with Crippen LogP contribution in [0, 0.1) is 17.6 Å². The second kappa shape index (κ2) is 9.44. The van der Waals surface area contributed by atoms with Crippen LogP contribution in [0.2, 0.25) is 0 Å². The summed E-state index contributed by atoms with van der Waals surface area (Å²) in [5.74, 6) is -1.12. The number of aromatic nitrogens is 4. The van der Waals surface area contributed by atoms with Crippen molar-refractivity contribution in [3.63, 3.8) is 0 Å². The van der Waals surface area contributed by atoms with E-state index in [4.69, 9.17) is 5.73 Å². The van der Waals surface area contributed by atoms with Gasteiger partial charge in [-0.05, 0) is 80.0 Å². The van der Waals surface area contributed by atoms with Crippen molar-refractivity contribution in [3.05, 3.63) is 71.7 Å². The molecule has 1 aromatic carbocycles. The van der Waals surface area contributed by atoms with E-state index in [-0.39, 0.29) is 34.7 Å². The quantitative estimate of drug-likeness (QED) is 0.318. The number of nitrogens with one attached hydrogen (secondary N) is 1. The van der Waals surface area contributed by atoms with E-state index in [9.17, 15) is 19.0 Å². The summed E-state index contributed by atoms with van der Waals surface area (Å²) >= 11 is 0. The minimum atomic E-state index is -1.39. The van der Waals surface area contributed by atoms with Gasteiger partial charge in [0.2, 0.25) is 5.95 Å². The van der Waals surface area contributed by atoms with E-state index in [0.29, 0.717) is 17.9 Å². The summed E-state index contributed by atoms with van der Waals surface area (Å²) in [7, 11) is 0. The van der Waals surface area contributed by atoms with Crippen molar-refractivity contribution in [1.82, 2.24) is 19.6 Å². The second-order valence-electron chi connectivity index (χ2n) is 10.4. The lowest BCUT2D eigenvalue weighted by molar-refractivity contribution is 0.0521. The molecule has 0 bridgehead atoms. The predicted molar refractivity (Wildman–Crippen MR) is 136 cm³/mol. The number of halogens is 2. The van der Waals surface area contributed by atoms with Crippen LogP contribution in [0.1, 0.15) is 50.7 Å². The zero-order valence-electron chi connectivity index (χ0n) is 20.9. The molecule has 37 heavy (non-hydrogen) atoms. The largest absolute Gasteiger partial charge is 0.391 e. The Morgan fingerprint density at radius 3 is 2.51 bits per heavy atom. The number of benzene rings is 1. The van der Waals surface area contributed by atoms with Crippen LogP contribution in [0.4, 0.5) is 20.4 Å². The van der Waals surface area contributed by atoms with Gasteiger partial charge in [-0.1, -0.05) is 6.92 Å². The van der Waals surface area contributed by atoms with Crippen LogP contribution in [-0.4, -0.2) is 41.9 Å². The molecular formula is C27H30F2N6O2. The molecule has 194 valence electrons. The second-order valence-corrected chi connectivity index (χ2v) is 10.4. The molecule has 0 saturated heterocycles. The van der Waals surface area contributed by atoms with E-state index in [1.165, 1.54) is 24.4 Å². The minimum Gasteiger partial charge on any atom is -0.391 e. The summed E-state index contributed by atoms with van der Waals surface area (Å²) in [6.07, 6.45) is 5.88. The molecule has 5 N–H and O–H groups in total. The Balaban J connectivity index is 1.50. The zero-order valence-corrected chi connectivity index (χ0v) is 20.9. The van der Waals surface area contributed by atoms with E-state index in [1.54, 1.807) is 24.7 Å². The number of nitrogens with two attached hydrogens (primary N) is 1. The molecule has 0 radical (unpaired) electrons. The topological polar surface area (TPSA) is 122 Å². The number of hydrogen-bond donors (Lipinski definition) is 4. The Kier molecular flexibility index (Phi) is 6.43. The Hall–Kier alpha value is -3.47. The molecule has 0 spiro atoms. The van der Waals surface area contributed by atoms with Crippen LogP contribution >= 0.6 is 0 Å². The van der Waals surface area contributed by atoms with Gasteiger partial charge in [0.15, 0.2) is 0 Å². The number of nitrogens with zero attached hydrogens (tertiary/aromatic N) is 4. The molecule has 1 aliphatic carbocycles. The zero-order chi connectivity index (χ0) is 26.5. The van der Waals surface area contributed by atoms with Crippen LogP contribution in [0.3, 0.4) is 0 Å². The summed E-state index contributed by atoms with van der Waals surface area (Å²) in [6.45, 7) is 4.92. The fraction of sp³-hybridized carbons (Fsp3) is 0.370. The molecule has 0 unspecified atom stereocenters. The molecule has 3 aromatic heterocycles. The van der Waals surface area contributed by atoms with E-state index < -0.39 is 23.3 Å². The summed E-state index contributed by atoms with van der Waals surface area (Å²) < 4.78 is 31.4. The molecule has 0 amide bonds. The molecule has 4 aromatic rings. The van der Waals surface area contributed by atoms with Crippen molar-refractivity contribution >= 4 is 17.2 Å². The van der Waals surface area contributed by atoms with Crippen molar-refractivity contribution < 1.29 is 19.0 Å². The van der Waals surface area contributed by atoms with Crippen molar-refractivity contribution in [2.45, 2.75) is 57.3 Å². The van der Waals surface area contributed by atoms with E-state index in [2.05, 4.69) is 20.4 Å². The van der Waals surface area contributed by atoms with Gasteiger partial charge in [0.05, 0.1) is 46.6 Å². The molecule has 1 aliphatic rings. The highest BCUT2D eigenvalue weighted by molar-refractivity contribution is 5.66. The predicted octanol–water partition coefficient (Wildman–Crippen LogP) is 4.24. The number of aliphatic hydroxyl groups excluding tert-OH is 1. The molecule has 10 heteroatoms. The number of anilines is 2. The first kappa shape index (κ1) is 25.2. The minimum absolute atomic E-state index is 0.0545. The summed E-state index contributed by atoms with van der Waals surface area (Å²) in [5, 5.41) is 28.2. The van der Waals surface area contributed by atoms with Crippen molar-refractivity contribution in [2.24, 2.45) is 11.7 Å². The summed E-state index contributed by atoms with van der Waals surface area (Å²) in [4.78, 5) is 8.67. The normalized spacial score (nSPS) is 22.4. The van der Waals surface area contributed by atoms with Gasteiger partial charge in [0, 0.05) is 12.2 Å². The lowest BCUT2D eigenvalue weighted by atomic mass is 9.74. The van der Waals surface area contributed by atoms with Gasteiger partial charge < -0.3 is 21.3 Å². The average Bonchev–Trinajstić information content (AvgIpc) is 3.23. The summed E-state index contributed by atoms with van der Waals surface area (Å²) in [6, 6.07) is 7.04. The molecule has 0 aliphatic heterocycles. The first-order chi connectivity index (χ1) is 17.5. The maximum absolute atomic E-state index is 15.0. The first-order valence-corrected chi connectivity index (χ1v) is 12.2. The van der Waals surface area contributed by atoms with Crippen molar-refractivity contribution in [2.75, 3.05) is 5.32 Å². The van der Waals surface area contributed by atoms with Gasteiger partial charge in [-0.3, -0.25) is 4.98 Å². The monoisotopic (exact) mass is 508 g/mol. The van der Waals surface area contributed by atoms with Gasteiger partial charge in [0.1, 0.15) is 11.6 Å². The Morgan fingerprint density at radius 2 is 1.84 bits per heavy atom. The SMILES string of the molecule is C[C@H]1C[C@@H](c2ccncc2Nc2ncc3ccc(-c4c(F)cc(C(C)(C)O)cc4F)nn23)C[C@@H](N)[C@@H]1O. The highest BCUT2D eigenvalue weighted by Crippen LogP contribution is 2.39. The molecule has 4 atom stereocenters. The van der Waals surface area contributed by atoms with Gasteiger partial charge in [-0.25, -0.2) is 13.8 Å². The smallest absolute Gasteiger partial charge is 0.229 e. The van der Waals surface area contributed by atoms with Crippen LogP contribution in [0.15, 0.2) is 48.9 Å². The fourth-order valence-electron chi connectivity index (χ4n) is 5.09. The number of aliphatic hydroxyl groups is 2. The molecular weight excluding hydrogens is 478 g/mol. The Bertz CT molecular complexity index is 1420. The third kappa shape index (κ3) is 4.79. The molecule has 5 rings (SSSR count). The third-order valence-corrected chi connectivity index (χ3v) is 7.16. The third-order valence-electron chi connectivity index (χ3n) is 7.16. The van der Waals surface area contributed by atoms with Crippen LogP contribution in [0.5, 0.6) is 0 Å². The first-order valence-electron chi connectivity index (χ1n) is 12.2. The number of fused-ring (bicyclic) bond motifs is 1. The molecule has 1 saturated carbocycles. The molecule has 8 nitrogen and oxygen atoms in total. The van der Waals surface area contributed by atoms with Crippen LogP contribution in [0.25, 0.3) is 16.8 Å². The lowest BCUT2D eigenvalue weighted by Crippen LogP contribution is -2.44. The number of rotatable bonds is 5.